The molecule has 0 radical (unpaired) electrons. The molecule has 0 unspecified atom stereocenters. The summed E-state index contributed by atoms with van der Waals surface area (Å²) in [7, 11) is 0. The minimum Gasteiger partial charge on any atom is -0.481 e. The SMILES string of the molecule is CCOC(=O)OC[C@]12C[C@H](O)[C@H]3[C@@H](C[C@H](F)C4=CC(=O)C=C[C@@]43C)[C@@H]1CC[C@@H]2C(=O)O. The van der Waals surface area contributed by atoms with E-state index in [2.05, 4.69) is 0 Å². The highest BCUT2D eigenvalue weighted by Gasteiger charge is 2.66. The number of hydrogen-bond acceptors (Lipinski definition) is 6. The quantitative estimate of drug-likeness (QED) is 0.652. The minimum atomic E-state index is -1.35. The van der Waals surface area contributed by atoms with E-state index >= 15 is 4.39 Å². The van der Waals surface area contributed by atoms with Crippen LogP contribution in [0.1, 0.15) is 39.5 Å². The van der Waals surface area contributed by atoms with E-state index in [-0.39, 0.29) is 49.6 Å². The number of ether oxygens (including phenoxy) is 2. The van der Waals surface area contributed by atoms with Crippen molar-refractivity contribution in [1.82, 2.24) is 0 Å². The summed E-state index contributed by atoms with van der Waals surface area (Å²) in [5.74, 6) is -2.92. The second kappa shape index (κ2) is 7.73. The van der Waals surface area contributed by atoms with Gasteiger partial charge in [0.15, 0.2) is 5.78 Å². The van der Waals surface area contributed by atoms with Crippen molar-refractivity contribution < 1.29 is 38.5 Å². The third kappa shape index (κ3) is 3.30. The molecule has 0 aromatic rings. The first-order chi connectivity index (χ1) is 14.6. The number of aliphatic hydroxyl groups excluding tert-OH is 1. The number of hydrogen-bond donors (Lipinski definition) is 2. The van der Waals surface area contributed by atoms with Crippen molar-refractivity contribution in [2.45, 2.75) is 51.8 Å². The number of carbonyl (C=O) groups is 3. The van der Waals surface area contributed by atoms with Gasteiger partial charge in [-0.05, 0) is 62.2 Å². The van der Waals surface area contributed by atoms with Crippen molar-refractivity contribution in [1.29, 1.82) is 0 Å². The van der Waals surface area contributed by atoms with E-state index in [0.717, 1.165) is 0 Å². The summed E-state index contributed by atoms with van der Waals surface area (Å²) >= 11 is 0. The summed E-state index contributed by atoms with van der Waals surface area (Å²) in [5, 5.41) is 21.2. The average molecular weight is 436 g/mol. The van der Waals surface area contributed by atoms with Crippen molar-refractivity contribution in [3.05, 3.63) is 23.8 Å². The Morgan fingerprint density at radius 1 is 1.29 bits per heavy atom. The number of fused-ring (bicyclic) bond motifs is 5. The lowest BCUT2D eigenvalue weighted by Gasteiger charge is -2.59. The van der Waals surface area contributed by atoms with E-state index in [0.29, 0.717) is 18.4 Å². The van der Waals surface area contributed by atoms with E-state index in [1.165, 1.54) is 12.2 Å². The molecule has 4 rings (SSSR count). The molecule has 0 saturated heterocycles. The van der Waals surface area contributed by atoms with Crippen LogP contribution in [0.25, 0.3) is 0 Å². The first-order valence-electron chi connectivity index (χ1n) is 10.9. The number of rotatable bonds is 4. The molecule has 4 aliphatic carbocycles. The highest BCUT2D eigenvalue weighted by Crippen LogP contribution is 2.66. The van der Waals surface area contributed by atoms with E-state index in [1.807, 2.05) is 6.92 Å². The van der Waals surface area contributed by atoms with E-state index in [1.54, 1.807) is 13.0 Å². The predicted molar refractivity (Wildman–Crippen MR) is 107 cm³/mol. The number of aliphatic hydroxyl groups is 1. The van der Waals surface area contributed by atoms with Crippen LogP contribution in [-0.4, -0.2) is 53.6 Å². The molecule has 0 aromatic heterocycles. The Bertz CT molecular complexity index is 851. The Morgan fingerprint density at radius 2 is 2.03 bits per heavy atom. The summed E-state index contributed by atoms with van der Waals surface area (Å²) in [6.07, 6.45) is 2.50. The lowest BCUT2D eigenvalue weighted by Crippen LogP contribution is -2.60. The van der Waals surface area contributed by atoms with Gasteiger partial charge in [0.1, 0.15) is 12.8 Å². The summed E-state index contributed by atoms with van der Waals surface area (Å²) < 4.78 is 25.5. The fourth-order valence-electron chi connectivity index (χ4n) is 7.12. The van der Waals surface area contributed by atoms with Crippen molar-refractivity contribution in [3.63, 3.8) is 0 Å². The number of carboxylic acid groups (broad SMARTS) is 1. The molecule has 0 spiro atoms. The van der Waals surface area contributed by atoms with Gasteiger partial charge in [0.05, 0.1) is 18.6 Å². The first kappa shape index (κ1) is 22.0. The lowest BCUT2D eigenvalue weighted by atomic mass is 9.46. The number of alkyl halides is 1. The third-order valence-electron chi connectivity index (χ3n) is 8.22. The fraction of sp³-hybridized carbons (Fsp3) is 0.696. The van der Waals surface area contributed by atoms with Crippen LogP contribution in [0.4, 0.5) is 9.18 Å². The van der Waals surface area contributed by atoms with Crippen molar-refractivity contribution in [2.24, 2.45) is 34.5 Å². The molecular formula is C23H29FO7. The summed E-state index contributed by atoms with van der Waals surface area (Å²) in [6, 6.07) is 0. The Balaban J connectivity index is 1.72. The highest BCUT2D eigenvalue weighted by molar-refractivity contribution is 6.01. The van der Waals surface area contributed by atoms with Gasteiger partial charge in [-0.15, -0.1) is 0 Å². The number of ketones is 1. The zero-order valence-corrected chi connectivity index (χ0v) is 17.8. The van der Waals surface area contributed by atoms with Crippen LogP contribution in [0.15, 0.2) is 23.8 Å². The monoisotopic (exact) mass is 436 g/mol. The van der Waals surface area contributed by atoms with Gasteiger partial charge in [0.25, 0.3) is 0 Å². The molecule has 4 aliphatic rings. The normalized spacial score (nSPS) is 43.4. The van der Waals surface area contributed by atoms with Crippen LogP contribution < -0.4 is 0 Å². The summed E-state index contributed by atoms with van der Waals surface area (Å²) in [5.41, 5.74) is -1.40. The first-order valence-corrected chi connectivity index (χ1v) is 10.9. The zero-order chi connectivity index (χ0) is 22.6. The lowest BCUT2D eigenvalue weighted by molar-refractivity contribution is -0.167. The van der Waals surface area contributed by atoms with Gasteiger partial charge in [-0.1, -0.05) is 13.0 Å². The average Bonchev–Trinajstić information content (AvgIpc) is 3.07. The second-order valence-corrected chi connectivity index (χ2v) is 9.56. The highest BCUT2D eigenvalue weighted by atomic mass is 19.1. The number of allylic oxidation sites excluding steroid dienone is 4. The van der Waals surface area contributed by atoms with E-state index in [9.17, 15) is 24.6 Å². The Kier molecular flexibility index (Phi) is 5.48. The molecule has 3 saturated carbocycles. The number of halogens is 1. The van der Waals surface area contributed by atoms with E-state index in [4.69, 9.17) is 9.47 Å². The molecule has 8 heteroatoms. The largest absolute Gasteiger partial charge is 0.508 e. The standard InChI is InChI=1S/C23H29FO7/c1-3-30-21(29)31-11-23-10-18(26)19-13(14(23)4-5-15(23)20(27)28)9-17(24)16-8-12(25)6-7-22(16,19)2/h6-8,13-15,17-19,26H,3-5,9-11H2,1-2H3,(H,27,28)/t13-,14-,15+,17-,18-,19+,22-,23+/m0/s1. The van der Waals surface area contributed by atoms with E-state index < -0.39 is 41.1 Å². The molecule has 0 aromatic carbocycles. The topological polar surface area (TPSA) is 110 Å². The van der Waals surface area contributed by atoms with Crippen LogP contribution in [0.3, 0.4) is 0 Å². The van der Waals surface area contributed by atoms with Gasteiger partial charge < -0.3 is 19.7 Å². The van der Waals surface area contributed by atoms with Gasteiger partial charge in [0, 0.05) is 16.7 Å². The molecule has 8 atom stereocenters. The molecule has 2 N–H and O–H groups in total. The fourth-order valence-corrected chi connectivity index (χ4v) is 7.12. The molecule has 0 heterocycles. The van der Waals surface area contributed by atoms with Crippen molar-refractivity contribution in [2.75, 3.05) is 13.2 Å². The Labute approximate surface area is 180 Å². The van der Waals surface area contributed by atoms with Crippen LogP contribution in [0.2, 0.25) is 0 Å². The predicted octanol–water partition coefficient (Wildman–Crippen LogP) is 3.07. The van der Waals surface area contributed by atoms with Crippen LogP contribution in [-0.2, 0) is 19.1 Å². The molecule has 170 valence electrons. The second-order valence-electron chi connectivity index (χ2n) is 9.56. The Morgan fingerprint density at radius 3 is 2.71 bits per heavy atom. The zero-order valence-electron chi connectivity index (χ0n) is 17.8. The molecule has 0 amide bonds. The van der Waals surface area contributed by atoms with Gasteiger partial charge in [-0.2, -0.15) is 0 Å². The summed E-state index contributed by atoms with van der Waals surface area (Å²) in [6.45, 7) is 3.44. The number of aliphatic carboxylic acids is 1. The Hall–Kier alpha value is -2.22. The maximum absolute atomic E-state index is 15.3. The van der Waals surface area contributed by atoms with Gasteiger partial charge in [-0.3, -0.25) is 9.59 Å². The molecule has 0 bridgehead atoms. The molecule has 0 aliphatic heterocycles. The molecule has 31 heavy (non-hydrogen) atoms. The van der Waals surface area contributed by atoms with Gasteiger partial charge >= 0.3 is 12.1 Å². The van der Waals surface area contributed by atoms with Gasteiger partial charge in [0.2, 0.25) is 0 Å². The van der Waals surface area contributed by atoms with Gasteiger partial charge in [-0.25, -0.2) is 9.18 Å². The molecular weight excluding hydrogens is 407 g/mol. The van der Waals surface area contributed by atoms with Crippen LogP contribution in [0, 0.1) is 34.5 Å². The van der Waals surface area contributed by atoms with Crippen molar-refractivity contribution in [3.8, 4) is 0 Å². The summed E-state index contributed by atoms with van der Waals surface area (Å²) in [4.78, 5) is 35.9. The number of carbonyl (C=O) groups excluding carboxylic acids is 2. The maximum atomic E-state index is 15.3. The number of carboxylic acids is 1. The third-order valence-corrected chi connectivity index (χ3v) is 8.22. The molecule has 3 fully saturated rings. The van der Waals surface area contributed by atoms with Crippen molar-refractivity contribution >= 4 is 17.9 Å². The van der Waals surface area contributed by atoms with Crippen LogP contribution >= 0.6 is 0 Å². The molecule has 7 nitrogen and oxygen atoms in total. The maximum Gasteiger partial charge on any atom is 0.508 e. The minimum absolute atomic E-state index is 0.114. The smallest absolute Gasteiger partial charge is 0.481 e. The van der Waals surface area contributed by atoms with Crippen LogP contribution in [0.5, 0.6) is 0 Å².